The van der Waals surface area contributed by atoms with Crippen LogP contribution >= 0.6 is 0 Å². The fourth-order valence-electron chi connectivity index (χ4n) is 5.20. The van der Waals surface area contributed by atoms with Gasteiger partial charge < -0.3 is 9.88 Å². The summed E-state index contributed by atoms with van der Waals surface area (Å²) in [7, 11) is -3.48. The van der Waals surface area contributed by atoms with E-state index < -0.39 is 9.84 Å². The molecule has 0 unspecified atom stereocenters. The van der Waals surface area contributed by atoms with Crippen LogP contribution in [0, 0.1) is 6.92 Å². The maximum absolute atomic E-state index is 12.9. The molecule has 2 N–H and O–H groups in total. The largest absolute Gasteiger partial charge is 0.371 e. The van der Waals surface area contributed by atoms with Crippen LogP contribution < -0.4 is 5.32 Å². The Labute approximate surface area is 244 Å². The zero-order chi connectivity index (χ0) is 29.1. The van der Waals surface area contributed by atoms with Crippen LogP contribution in [-0.2, 0) is 22.8 Å². The van der Waals surface area contributed by atoms with Gasteiger partial charge in [-0.1, -0.05) is 73.7 Å². The first-order valence-electron chi connectivity index (χ1n) is 13.9. The van der Waals surface area contributed by atoms with Crippen molar-refractivity contribution in [3.63, 3.8) is 0 Å². The molecule has 9 nitrogen and oxygen atoms in total. The Morgan fingerprint density at radius 3 is 2.36 bits per heavy atom. The Morgan fingerprint density at radius 1 is 0.905 bits per heavy atom. The summed E-state index contributed by atoms with van der Waals surface area (Å²) in [5.74, 6) is 1.38. The van der Waals surface area contributed by atoms with Gasteiger partial charge in [0.05, 0.1) is 15.9 Å². The first-order valence-corrected chi connectivity index (χ1v) is 15.5. The zero-order valence-corrected chi connectivity index (χ0v) is 24.3. The van der Waals surface area contributed by atoms with Crippen LogP contribution in [0.1, 0.15) is 30.3 Å². The van der Waals surface area contributed by atoms with Gasteiger partial charge in [0, 0.05) is 24.2 Å². The maximum Gasteiger partial charge on any atom is 0.205 e. The number of H-pyrrole nitrogens is 1. The molecule has 0 aliphatic carbocycles. The van der Waals surface area contributed by atoms with Gasteiger partial charge in [0.15, 0.2) is 9.84 Å². The van der Waals surface area contributed by atoms with Gasteiger partial charge in [0.2, 0.25) is 5.82 Å². The second kappa shape index (κ2) is 11.6. The van der Waals surface area contributed by atoms with E-state index in [2.05, 4.69) is 67.8 Å². The highest BCUT2D eigenvalue weighted by Gasteiger charge is 2.17. The number of aromatic nitrogens is 6. The molecule has 2 aromatic heterocycles. The Kier molecular flexibility index (Phi) is 7.54. The fraction of sp³-hybridized carbons (Fsp3) is 0.188. The smallest absolute Gasteiger partial charge is 0.205 e. The monoisotopic (exact) mass is 577 g/mol. The van der Waals surface area contributed by atoms with E-state index in [1.165, 1.54) is 0 Å². The van der Waals surface area contributed by atoms with Crippen LogP contribution in [0.3, 0.4) is 0 Å². The highest BCUT2D eigenvalue weighted by atomic mass is 32.2. The lowest BCUT2D eigenvalue weighted by Crippen LogP contribution is -2.15. The Bertz CT molecular complexity index is 1930. The van der Waals surface area contributed by atoms with Gasteiger partial charge >= 0.3 is 0 Å². The van der Waals surface area contributed by atoms with Crippen molar-refractivity contribution in [3.05, 3.63) is 108 Å². The number of anilines is 1. The molecule has 0 saturated carbocycles. The Hall–Kier alpha value is -4.83. The summed E-state index contributed by atoms with van der Waals surface area (Å²) in [6, 6.07) is 29.0. The third-order valence-electron chi connectivity index (χ3n) is 7.28. The molecule has 6 rings (SSSR count). The number of benzene rings is 4. The molecule has 0 spiro atoms. The summed E-state index contributed by atoms with van der Waals surface area (Å²) >= 11 is 0. The lowest BCUT2D eigenvalue weighted by atomic mass is 9.98. The number of hydrogen-bond acceptors (Lipinski definition) is 7. The number of aromatic amines is 1. The van der Waals surface area contributed by atoms with Crippen LogP contribution in [0.15, 0.2) is 95.9 Å². The molecule has 0 aliphatic heterocycles. The first kappa shape index (κ1) is 27.3. The third kappa shape index (κ3) is 5.53. The van der Waals surface area contributed by atoms with Crippen LogP contribution in [0.25, 0.3) is 33.5 Å². The predicted octanol–water partition coefficient (Wildman–Crippen LogP) is 6.04. The van der Waals surface area contributed by atoms with E-state index in [0.29, 0.717) is 17.3 Å². The lowest BCUT2D eigenvalue weighted by molar-refractivity contribution is 0.598. The van der Waals surface area contributed by atoms with E-state index in [9.17, 15) is 8.42 Å². The number of rotatable bonds is 10. The number of tetrazole rings is 1. The van der Waals surface area contributed by atoms with Gasteiger partial charge in [0.1, 0.15) is 11.7 Å². The van der Waals surface area contributed by atoms with E-state index in [-0.39, 0.29) is 5.88 Å². The van der Waals surface area contributed by atoms with Gasteiger partial charge in [0.25, 0.3) is 0 Å². The summed E-state index contributed by atoms with van der Waals surface area (Å²) in [5.41, 5.74) is 7.79. The molecule has 212 valence electrons. The van der Waals surface area contributed by atoms with Crippen molar-refractivity contribution in [1.29, 1.82) is 0 Å². The molecule has 6 aromatic rings. The minimum atomic E-state index is -3.48. The van der Waals surface area contributed by atoms with Crippen LogP contribution in [0.5, 0.6) is 0 Å². The molecule has 0 amide bonds. The van der Waals surface area contributed by atoms with Gasteiger partial charge in [-0.2, -0.15) is 5.21 Å². The summed E-state index contributed by atoms with van der Waals surface area (Å²) in [5, 5.41) is 17.7. The maximum atomic E-state index is 12.9. The van der Waals surface area contributed by atoms with Crippen LogP contribution in [0.2, 0.25) is 0 Å². The van der Waals surface area contributed by atoms with Crippen LogP contribution in [-0.4, -0.2) is 44.5 Å². The van der Waals surface area contributed by atoms with Crippen molar-refractivity contribution < 1.29 is 8.42 Å². The molecular formula is C32H31N7O2S. The number of fused-ring (bicyclic) bond motifs is 1. The molecule has 42 heavy (non-hydrogen) atoms. The van der Waals surface area contributed by atoms with E-state index in [1.54, 1.807) is 24.3 Å². The van der Waals surface area contributed by atoms with Crippen molar-refractivity contribution in [2.75, 3.05) is 11.2 Å². The van der Waals surface area contributed by atoms with E-state index in [1.807, 2.05) is 43.3 Å². The third-order valence-corrected chi connectivity index (χ3v) is 8.80. The van der Waals surface area contributed by atoms with Gasteiger partial charge in [-0.15, -0.1) is 10.2 Å². The van der Waals surface area contributed by atoms with Gasteiger partial charge in [-0.25, -0.2) is 13.4 Å². The van der Waals surface area contributed by atoms with E-state index in [0.717, 1.165) is 63.2 Å². The average molecular weight is 578 g/mol. The summed E-state index contributed by atoms with van der Waals surface area (Å²) in [6.45, 7) is 4.81. The molecule has 0 fully saturated rings. The average Bonchev–Trinajstić information content (AvgIpc) is 3.67. The molecule has 0 radical (unpaired) electrons. The second-order valence-electron chi connectivity index (χ2n) is 10.3. The predicted molar refractivity (Wildman–Crippen MR) is 165 cm³/mol. The summed E-state index contributed by atoms with van der Waals surface area (Å²) < 4.78 is 28.0. The number of sulfone groups is 1. The van der Waals surface area contributed by atoms with Crippen molar-refractivity contribution in [3.8, 4) is 22.5 Å². The number of imidazole rings is 1. The molecule has 0 aliphatic rings. The van der Waals surface area contributed by atoms with Crippen LogP contribution in [0.4, 0.5) is 5.69 Å². The fourth-order valence-corrected chi connectivity index (χ4v) is 6.30. The van der Waals surface area contributed by atoms with E-state index in [4.69, 9.17) is 4.98 Å². The number of aryl methyl sites for hydroxylation is 2. The topological polar surface area (TPSA) is 118 Å². The highest BCUT2D eigenvalue weighted by Crippen LogP contribution is 2.31. The van der Waals surface area contributed by atoms with Crippen molar-refractivity contribution in [1.82, 2.24) is 30.2 Å². The number of nitrogens with one attached hydrogen (secondary N) is 2. The number of hydrogen-bond donors (Lipinski definition) is 2. The molecule has 10 heteroatoms. The lowest BCUT2D eigenvalue weighted by Gasteiger charge is -2.13. The quantitative estimate of drug-likeness (QED) is 0.204. The SMILES string of the molecule is CCCc1nc2c(C)cc(NCS(=O)(=O)c3ccccc3)cc2n1Cc1ccc(-c2ccccc2-c2nn[nH]n2)cc1. The van der Waals surface area contributed by atoms with Crippen molar-refractivity contribution >= 4 is 26.6 Å². The van der Waals surface area contributed by atoms with E-state index >= 15 is 0 Å². The molecule has 0 bridgehead atoms. The van der Waals surface area contributed by atoms with Gasteiger partial charge in [-0.05, 0) is 65.1 Å². The number of nitrogens with zero attached hydrogens (tertiary/aromatic N) is 5. The molecular weight excluding hydrogens is 546 g/mol. The standard InChI is InChI=1S/C32H31N7O2S/c1-3-9-30-34-31-22(2)18-25(33-21-42(40,41)26-10-5-4-6-11-26)19-29(31)39(30)20-23-14-16-24(17-15-23)27-12-7-8-13-28(27)32-35-37-38-36-32/h4-8,10-19,33H,3,9,20-21H2,1-2H3,(H,35,36,37,38). The minimum absolute atomic E-state index is 0.190. The summed E-state index contributed by atoms with van der Waals surface area (Å²) in [6.07, 6.45) is 1.81. The molecule has 0 atom stereocenters. The van der Waals surface area contributed by atoms with Crippen molar-refractivity contribution in [2.24, 2.45) is 0 Å². The van der Waals surface area contributed by atoms with Gasteiger partial charge in [-0.3, -0.25) is 0 Å². The zero-order valence-electron chi connectivity index (χ0n) is 23.4. The Balaban J connectivity index is 1.30. The summed E-state index contributed by atoms with van der Waals surface area (Å²) in [4.78, 5) is 5.30. The Morgan fingerprint density at radius 2 is 1.64 bits per heavy atom. The normalized spacial score (nSPS) is 11.7. The first-order chi connectivity index (χ1) is 20.4. The second-order valence-corrected chi connectivity index (χ2v) is 12.2. The molecule has 0 saturated heterocycles. The molecule has 4 aromatic carbocycles. The highest BCUT2D eigenvalue weighted by molar-refractivity contribution is 7.91. The van der Waals surface area contributed by atoms with Crippen molar-refractivity contribution in [2.45, 2.75) is 38.1 Å². The minimum Gasteiger partial charge on any atom is -0.371 e. The molecule has 2 heterocycles.